The average Bonchev–Trinajstić information content (AvgIpc) is 2.46. The first-order valence-corrected chi connectivity index (χ1v) is 6.62. The second-order valence-electron chi connectivity index (χ2n) is 4.78. The van der Waals surface area contributed by atoms with E-state index in [1.54, 1.807) is 19.1 Å². The zero-order valence-corrected chi connectivity index (χ0v) is 11.2. The van der Waals surface area contributed by atoms with Gasteiger partial charge < -0.3 is 4.90 Å². The van der Waals surface area contributed by atoms with Crippen LogP contribution in [0.5, 0.6) is 0 Å². The summed E-state index contributed by atoms with van der Waals surface area (Å²) in [7, 11) is 0. The van der Waals surface area contributed by atoms with Crippen molar-refractivity contribution in [2.24, 2.45) is 5.92 Å². The molecule has 1 aliphatic heterocycles. The maximum atomic E-state index is 13.6. The standard InChI is InChI=1S/C15H15FN2O2/c1-2-14(19)12-4-3-7-18(15(12)20)11-6-5-10(9-17)13(16)8-11/h5-6,8,12H,2-4,7H2,1H3/t12-/m1/s1. The van der Waals surface area contributed by atoms with E-state index in [4.69, 9.17) is 5.26 Å². The fraction of sp³-hybridized carbons (Fsp3) is 0.400. The van der Waals surface area contributed by atoms with Crippen LogP contribution >= 0.6 is 0 Å². The summed E-state index contributed by atoms with van der Waals surface area (Å²) in [6.45, 7) is 2.20. The quantitative estimate of drug-likeness (QED) is 0.795. The molecule has 104 valence electrons. The Labute approximate surface area is 116 Å². The molecule has 4 nitrogen and oxygen atoms in total. The van der Waals surface area contributed by atoms with E-state index in [-0.39, 0.29) is 17.3 Å². The number of rotatable bonds is 3. The van der Waals surface area contributed by atoms with E-state index in [1.807, 2.05) is 0 Å². The molecule has 1 saturated heterocycles. The lowest BCUT2D eigenvalue weighted by molar-refractivity contribution is -0.133. The molecule has 1 heterocycles. The number of Topliss-reactive ketones (excluding diaryl/α,β-unsaturated/α-hetero) is 1. The molecule has 0 spiro atoms. The van der Waals surface area contributed by atoms with Gasteiger partial charge in [-0.2, -0.15) is 5.26 Å². The number of nitrogens with zero attached hydrogens (tertiary/aromatic N) is 2. The van der Waals surface area contributed by atoms with Crippen molar-refractivity contribution in [2.45, 2.75) is 26.2 Å². The highest BCUT2D eigenvalue weighted by Gasteiger charge is 2.33. The number of hydrogen-bond acceptors (Lipinski definition) is 3. The van der Waals surface area contributed by atoms with Crippen molar-refractivity contribution >= 4 is 17.4 Å². The lowest BCUT2D eigenvalue weighted by Crippen LogP contribution is -2.44. The molecule has 0 aromatic heterocycles. The van der Waals surface area contributed by atoms with Crippen LogP contribution in [0.1, 0.15) is 31.7 Å². The van der Waals surface area contributed by atoms with Crippen LogP contribution in [0.15, 0.2) is 18.2 Å². The van der Waals surface area contributed by atoms with E-state index in [0.29, 0.717) is 31.5 Å². The fourth-order valence-electron chi connectivity index (χ4n) is 2.44. The molecule has 0 bridgehead atoms. The van der Waals surface area contributed by atoms with Crippen molar-refractivity contribution in [1.82, 2.24) is 0 Å². The number of carbonyl (C=O) groups is 2. The van der Waals surface area contributed by atoms with Gasteiger partial charge in [0.1, 0.15) is 17.7 Å². The average molecular weight is 274 g/mol. The van der Waals surface area contributed by atoms with E-state index in [2.05, 4.69) is 0 Å². The molecule has 1 fully saturated rings. The molecule has 0 saturated carbocycles. The number of benzene rings is 1. The molecule has 0 radical (unpaired) electrons. The Hall–Kier alpha value is -2.22. The van der Waals surface area contributed by atoms with Gasteiger partial charge in [-0.25, -0.2) is 4.39 Å². The zero-order chi connectivity index (χ0) is 14.7. The predicted molar refractivity (Wildman–Crippen MR) is 71.5 cm³/mol. The third-order valence-corrected chi connectivity index (χ3v) is 3.56. The molecule has 1 aliphatic rings. The van der Waals surface area contributed by atoms with E-state index in [9.17, 15) is 14.0 Å². The lowest BCUT2D eigenvalue weighted by Gasteiger charge is -2.31. The Morgan fingerprint density at radius 1 is 1.55 bits per heavy atom. The smallest absolute Gasteiger partial charge is 0.237 e. The second-order valence-corrected chi connectivity index (χ2v) is 4.78. The van der Waals surface area contributed by atoms with E-state index >= 15 is 0 Å². The molecule has 0 aliphatic carbocycles. The number of hydrogen-bond donors (Lipinski definition) is 0. The second kappa shape index (κ2) is 5.83. The van der Waals surface area contributed by atoms with Gasteiger partial charge in [0.05, 0.1) is 11.5 Å². The molecule has 1 atom stereocenters. The minimum absolute atomic E-state index is 0.0561. The Kier molecular flexibility index (Phi) is 4.14. The lowest BCUT2D eigenvalue weighted by atomic mass is 9.91. The highest BCUT2D eigenvalue weighted by molar-refractivity contribution is 6.08. The summed E-state index contributed by atoms with van der Waals surface area (Å²) in [6.07, 6.45) is 1.59. The molecule has 0 unspecified atom stereocenters. The van der Waals surface area contributed by atoms with Gasteiger partial charge in [0.15, 0.2) is 0 Å². The highest BCUT2D eigenvalue weighted by atomic mass is 19.1. The van der Waals surface area contributed by atoms with Crippen LogP contribution in [-0.4, -0.2) is 18.2 Å². The Morgan fingerprint density at radius 3 is 2.90 bits per heavy atom. The third kappa shape index (κ3) is 2.55. The van der Waals surface area contributed by atoms with E-state index in [0.717, 1.165) is 0 Å². The number of halogens is 1. The van der Waals surface area contributed by atoms with Crippen LogP contribution in [0.25, 0.3) is 0 Å². The van der Waals surface area contributed by atoms with Crippen molar-refractivity contribution in [3.05, 3.63) is 29.6 Å². The molecular weight excluding hydrogens is 259 g/mol. The molecule has 1 aromatic rings. The van der Waals surface area contributed by atoms with E-state index in [1.165, 1.54) is 17.0 Å². The van der Waals surface area contributed by atoms with Crippen LogP contribution in [0.2, 0.25) is 0 Å². The molecule has 2 rings (SSSR count). The maximum Gasteiger partial charge on any atom is 0.237 e. The highest BCUT2D eigenvalue weighted by Crippen LogP contribution is 2.27. The number of piperidine rings is 1. The summed E-state index contributed by atoms with van der Waals surface area (Å²) in [5, 5.41) is 8.70. The number of amides is 1. The molecule has 20 heavy (non-hydrogen) atoms. The molecule has 1 aromatic carbocycles. The Morgan fingerprint density at radius 2 is 2.30 bits per heavy atom. The van der Waals surface area contributed by atoms with Crippen molar-refractivity contribution < 1.29 is 14.0 Å². The van der Waals surface area contributed by atoms with Crippen molar-refractivity contribution in [3.63, 3.8) is 0 Å². The fourth-order valence-corrected chi connectivity index (χ4v) is 2.44. The first-order chi connectivity index (χ1) is 9.58. The molecule has 0 N–H and O–H groups in total. The van der Waals surface area contributed by atoms with Gasteiger partial charge in [0, 0.05) is 18.7 Å². The van der Waals surface area contributed by atoms with Gasteiger partial charge in [-0.1, -0.05) is 6.92 Å². The summed E-state index contributed by atoms with van der Waals surface area (Å²) in [5.74, 6) is -1.62. The summed E-state index contributed by atoms with van der Waals surface area (Å²) >= 11 is 0. The van der Waals surface area contributed by atoms with Crippen LogP contribution < -0.4 is 4.90 Å². The molecule has 5 heteroatoms. The summed E-state index contributed by atoms with van der Waals surface area (Å²) in [4.78, 5) is 25.5. The minimum Gasteiger partial charge on any atom is -0.312 e. The van der Waals surface area contributed by atoms with Crippen molar-refractivity contribution in [3.8, 4) is 6.07 Å². The van der Waals surface area contributed by atoms with Gasteiger partial charge in [0.2, 0.25) is 5.91 Å². The first-order valence-electron chi connectivity index (χ1n) is 6.62. The molecular formula is C15H15FN2O2. The predicted octanol–water partition coefficient (Wildman–Crippen LogP) is 2.42. The van der Waals surface area contributed by atoms with Crippen molar-refractivity contribution in [2.75, 3.05) is 11.4 Å². The van der Waals surface area contributed by atoms with Gasteiger partial charge in [-0.3, -0.25) is 9.59 Å². The van der Waals surface area contributed by atoms with Crippen LogP contribution in [-0.2, 0) is 9.59 Å². The molecule has 1 amide bonds. The van der Waals surface area contributed by atoms with Crippen LogP contribution in [0.4, 0.5) is 10.1 Å². The zero-order valence-electron chi connectivity index (χ0n) is 11.2. The monoisotopic (exact) mass is 274 g/mol. The summed E-state index contributed by atoms with van der Waals surface area (Å²) in [5.41, 5.74) is 0.347. The van der Waals surface area contributed by atoms with Gasteiger partial charge in [-0.05, 0) is 31.0 Å². The van der Waals surface area contributed by atoms with Gasteiger partial charge in [-0.15, -0.1) is 0 Å². The topological polar surface area (TPSA) is 61.2 Å². The number of anilines is 1. The minimum atomic E-state index is -0.651. The Balaban J connectivity index is 2.28. The SMILES string of the molecule is CCC(=O)[C@H]1CCCN(c2ccc(C#N)c(F)c2)C1=O. The van der Waals surface area contributed by atoms with Crippen molar-refractivity contribution in [1.29, 1.82) is 5.26 Å². The Bertz CT molecular complexity index is 592. The third-order valence-electron chi connectivity index (χ3n) is 3.56. The summed E-state index contributed by atoms with van der Waals surface area (Å²) < 4.78 is 13.6. The van der Waals surface area contributed by atoms with Crippen LogP contribution in [0, 0.1) is 23.1 Å². The largest absolute Gasteiger partial charge is 0.312 e. The summed E-state index contributed by atoms with van der Waals surface area (Å²) in [6, 6.07) is 5.81. The maximum absolute atomic E-state index is 13.6. The van der Waals surface area contributed by atoms with Gasteiger partial charge in [0.25, 0.3) is 0 Å². The first kappa shape index (κ1) is 14.2. The van der Waals surface area contributed by atoms with E-state index < -0.39 is 11.7 Å². The van der Waals surface area contributed by atoms with Gasteiger partial charge >= 0.3 is 0 Å². The van der Waals surface area contributed by atoms with Crippen LogP contribution in [0.3, 0.4) is 0 Å². The number of carbonyl (C=O) groups excluding carboxylic acids is 2. The number of ketones is 1. The number of nitriles is 1. The normalized spacial score (nSPS) is 18.8.